The summed E-state index contributed by atoms with van der Waals surface area (Å²) < 4.78 is 26.1. The molecule has 19 heavy (non-hydrogen) atoms. The Morgan fingerprint density at radius 2 is 1.89 bits per heavy atom. The van der Waals surface area contributed by atoms with Crippen LogP contribution in [0.5, 0.6) is 0 Å². The minimum Gasteiger partial charge on any atom is -0.385 e. The van der Waals surface area contributed by atoms with Gasteiger partial charge in [0.1, 0.15) is 0 Å². The van der Waals surface area contributed by atoms with Crippen LogP contribution < -0.4 is 5.32 Å². The Kier molecular flexibility index (Phi) is 4.47. The summed E-state index contributed by atoms with van der Waals surface area (Å²) in [6, 6.07) is 7.01. The molecule has 5 heteroatoms. The van der Waals surface area contributed by atoms with Crippen LogP contribution in [0, 0.1) is 5.92 Å². The first-order chi connectivity index (χ1) is 9.04. The van der Waals surface area contributed by atoms with Crippen molar-refractivity contribution in [2.45, 2.75) is 31.1 Å². The number of hydrogen-bond donors (Lipinski definition) is 1. The van der Waals surface area contributed by atoms with Gasteiger partial charge in [0.25, 0.3) is 0 Å². The summed E-state index contributed by atoms with van der Waals surface area (Å²) in [6.07, 6.45) is 3.35. The molecule has 0 unspecified atom stereocenters. The highest BCUT2D eigenvalue weighted by molar-refractivity contribution is 7.89. The molecule has 2 rings (SSSR count). The molecule has 1 aliphatic rings. The van der Waals surface area contributed by atoms with Crippen molar-refractivity contribution in [2.24, 2.45) is 5.92 Å². The normalized spacial score (nSPS) is 15.7. The fraction of sp³-hybridized carbons (Fsp3) is 0.571. The third kappa shape index (κ3) is 3.70. The molecular weight excluding hydrogens is 260 g/mol. The van der Waals surface area contributed by atoms with Crippen molar-refractivity contribution in [3.8, 4) is 0 Å². The summed E-state index contributed by atoms with van der Waals surface area (Å²) in [5.41, 5.74) is 0.964. The van der Waals surface area contributed by atoms with E-state index in [1.165, 1.54) is 4.31 Å². The van der Waals surface area contributed by atoms with E-state index in [0.717, 1.165) is 31.5 Å². The van der Waals surface area contributed by atoms with Crippen molar-refractivity contribution in [3.63, 3.8) is 0 Å². The quantitative estimate of drug-likeness (QED) is 0.836. The Hall–Kier alpha value is -1.07. The van der Waals surface area contributed by atoms with Gasteiger partial charge in [-0.3, -0.25) is 0 Å². The third-order valence-electron chi connectivity index (χ3n) is 3.35. The highest BCUT2D eigenvalue weighted by Gasteiger charge is 2.28. The summed E-state index contributed by atoms with van der Waals surface area (Å²) in [6.45, 7) is 3.63. The monoisotopic (exact) mass is 282 g/mol. The van der Waals surface area contributed by atoms with Crippen LogP contribution in [-0.4, -0.2) is 32.9 Å². The summed E-state index contributed by atoms with van der Waals surface area (Å²) in [5, 5.41) is 3.24. The fourth-order valence-corrected chi connectivity index (χ4v) is 3.20. The fourth-order valence-electron chi connectivity index (χ4n) is 1.96. The molecule has 0 saturated heterocycles. The molecule has 0 aromatic heterocycles. The van der Waals surface area contributed by atoms with E-state index < -0.39 is 10.0 Å². The van der Waals surface area contributed by atoms with Gasteiger partial charge in [0.15, 0.2) is 0 Å². The zero-order valence-electron chi connectivity index (χ0n) is 11.6. The van der Waals surface area contributed by atoms with Crippen LogP contribution in [0.15, 0.2) is 29.2 Å². The van der Waals surface area contributed by atoms with Gasteiger partial charge in [-0.05, 0) is 49.4 Å². The third-order valence-corrected chi connectivity index (χ3v) is 5.19. The smallest absolute Gasteiger partial charge is 0.242 e. The summed E-state index contributed by atoms with van der Waals surface area (Å²) in [4.78, 5) is 0.373. The van der Waals surface area contributed by atoms with E-state index in [9.17, 15) is 8.42 Å². The highest BCUT2D eigenvalue weighted by atomic mass is 32.2. The summed E-state index contributed by atoms with van der Waals surface area (Å²) in [5.74, 6) is 0.560. The molecular formula is C14H22N2O2S. The van der Waals surface area contributed by atoms with Crippen LogP contribution in [0.1, 0.15) is 26.2 Å². The molecule has 4 nitrogen and oxygen atoms in total. The van der Waals surface area contributed by atoms with Gasteiger partial charge in [-0.25, -0.2) is 12.7 Å². The number of benzene rings is 1. The molecule has 0 aliphatic heterocycles. The van der Waals surface area contributed by atoms with E-state index >= 15 is 0 Å². The number of rotatable bonds is 7. The molecule has 0 heterocycles. The lowest BCUT2D eigenvalue weighted by Crippen LogP contribution is -2.28. The molecule has 0 spiro atoms. The topological polar surface area (TPSA) is 49.4 Å². The first-order valence-electron chi connectivity index (χ1n) is 6.84. The number of nitrogens with one attached hydrogen (secondary N) is 1. The van der Waals surface area contributed by atoms with Crippen LogP contribution in [0.2, 0.25) is 0 Å². The molecule has 0 bridgehead atoms. The minimum atomic E-state index is -3.33. The molecule has 1 fully saturated rings. The van der Waals surface area contributed by atoms with Crippen molar-refractivity contribution in [1.82, 2.24) is 4.31 Å². The van der Waals surface area contributed by atoms with Crippen LogP contribution in [0.3, 0.4) is 0 Å². The maximum absolute atomic E-state index is 12.3. The predicted molar refractivity (Wildman–Crippen MR) is 77.8 cm³/mol. The molecule has 0 amide bonds. The lowest BCUT2D eigenvalue weighted by molar-refractivity contribution is 0.453. The van der Waals surface area contributed by atoms with Gasteiger partial charge < -0.3 is 5.32 Å². The van der Waals surface area contributed by atoms with Gasteiger partial charge in [-0.1, -0.05) is 6.92 Å². The molecule has 1 aromatic rings. The zero-order chi connectivity index (χ0) is 13.9. The second-order valence-corrected chi connectivity index (χ2v) is 7.22. The number of sulfonamides is 1. The van der Waals surface area contributed by atoms with Crippen LogP contribution in [-0.2, 0) is 10.0 Å². The SMILES string of the molecule is CCCNc1ccc(S(=O)(=O)N(C)CC2CC2)cc1. The number of nitrogens with zero attached hydrogens (tertiary/aromatic N) is 1. The van der Waals surface area contributed by atoms with E-state index in [0.29, 0.717) is 17.4 Å². The van der Waals surface area contributed by atoms with Crippen molar-refractivity contribution in [2.75, 3.05) is 25.5 Å². The summed E-state index contributed by atoms with van der Waals surface area (Å²) >= 11 is 0. The largest absolute Gasteiger partial charge is 0.385 e. The van der Waals surface area contributed by atoms with E-state index in [-0.39, 0.29) is 0 Å². The predicted octanol–water partition coefficient (Wildman–Crippen LogP) is 2.54. The van der Waals surface area contributed by atoms with E-state index in [1.54, 1.807) is 19.2 Å². The Bertz CT molecular complexity index is 507. The second kappa shape index (κ2) is 5.92. The summed E-state index contributed by atoms with van der Waals surface area (Å²) in [7, 11) is -1.66. The molecule has 1 aliphatic carbocycles. The molecule has 106 valence electrons. The van der Waals surface area contributed by atoms with Crippen molar-refractivity contribution in [1.29, 1.82) is 0 Å². The molecule has 1 aromatic carbocycles. The molecule has 0 radical (unpaired) electrons. The molecule has 0 atom stereocenters. The van der Waals surface area contributed by atoms with Gasteiger partial charge in [0, 0.05) is 25.8 Å². The van der Waals surface area contributed by atoms with Crippen LogP contribution >= 0.6 is 0 Å². The first-order valence-corrected chi connectivity index (χ1v) is 8.28. The van der Waals surface area contributed by atoms with E-state index in [1.807, 2.05) is 12.1 Å². The Morgan fingerprint density at radius 1 is 1.26 bits per heavy atom. The van der Waals surface area contributed by atoms with Gasteiger partial charge in [-0.2, -0.15) is 0 Å². The number of hydrogen-bond acceptors (Lipinski definition) is 3. The van der Waals surface area contributed by atoms with Crippen molar-refractivity contribution in [3.05, 3.63) is 24.3 Å². The first kappa shape index (κ1) is 14.3. The second-order valence-electron chi connectivity index (χ2n) is 5.18. The highest BCUT2D eigenvalue weighted by Crippen LogP contribution is 2.31. The minimum absolute atomic E-state index is 0.373. The zero-order valence-corrected chi connectivity index (χ0v) is 12.4. The lowest BCUT2D eigenvalue weighted by Gasteiger charge is -2.17. The maximum atomic E-state index is 12.3. The van der Waals surface area contributed by atoms with Gasteiger partial charge in [-0.15, -0.1) is 0 Å². The maximum Gasteiger partial charge on any atom is 0.242 e. The van der Waals surface area contributed by atoms with Gasteiger partial charge in [0.05, 0.1) is 4.90 Å². The Labute approximate surface area is 115 Å². The average molecular weight is 282 g/mol. The average Bonchev–Trinajstić information content (AvgIpc) is 3.20. The molecule has 1 saturated carbocycles. The Balaban J connectivity index is 2.06. The van der Waals surface area contributed by atoms with Crippen molar-refractivity contribution >= 4 is 15.7 Å². The van der Waals surface area contributed by atoms with Gasteiger partial charge >= 0.3 is 0 Å². The number of anilines is 1. The van der Waals surface area contributed by atoms with Crippen molar-refractivity contribution < 1.29 is 8.42 Å². The van der Waals surface area contributed by atoms with E-state index in [4.69, 9.17) is 0 Å². The Morgan fingerprint density at radius 3 is 2.42 bits per heavy atom. The van der Waals surface area contributed by atoms with Crippen LogP contribution in [0.4, 0.5) is 5.69 Å². The van der Waals surface area contributed by atoms with Gasteiger partial charge in [0.2, 0.25) is 10.0 Å². The van der Waals surface area contributed by atoms with E-state index in [2.05, 4.69) is 12.2 Å². The van der Waals surface area contributed by atoms with Crippen LogP contribution in [0.25, 0.3) is 0 Å². The standard InChI is InChI=1S/C14H22N2O2S/c1-3-10-15-13-6-8-14(9-7-13)19(17,18)16(2)11-12-4-5-12/h6-9,12,15H,3-5,10-11H2,1-2H3. The lowest BCUT2D eigenvalue weighted by atomic mass is 10.3. The molecule has 1 N–H and O–H groups in total.